The van der Waals surface area contributed by atoms with Crippen molar-refractivity contribution in [3.05, 3.63) is 35.5 Å². The monoisotopic (exact) mass is 233 g/mol. The predicted octanol–water partition coefficient (Wildman–Crippen LogP) is 2.02. The highest BCUT2D eigenvalue weighted by Crippen LogP contribution is 2.29. The summed E-state index contributed by atoms with van der Waals surface area (Å²) in [5.41, 5.74) is 1.93. The van der Waals surface area contributed by atoms with E-state index in [1.807, 2.05) is 35.9 Å². The maximum Gasteiger partial charge on any atom is 0.340 e. The van der Waals surface area contributed by atoms with Gasteiger partial charge in [0.2, 0.25) is 0 Å². The number of ether oxygens (including phenoxy) is 1. The van der Waals surface area contributed by atoms with E-state index < -0.39 is 12.1 Å². The van der Waals surface area contributed by atoms with E-state index in [4.69, 9.17) is 4.74 Å². The molecule has 1 aromatic heterocycles. The second-order valence-electron chi connectivity index (χ2n) is 4.00. The van der Waals surface area contributed by atoms with Crippen LogP contribution in [-0.4, -0.2) is 22.8 Å². The van der Waals surface area contributed by atoms with Crippen LogP contribution < -0.4 is 0 Å². The molecule has 0 fully saturated rings. The van der Waals surface area contributed by atoms with Gasteiger partial charge in [0.25, 0.3) is 0 Å². The number of carbonyl (C=O) groups excluding carboxylic acids is 1. The zero-order valence-corrected chi connectivity index (χ0v) is 10.1. The van der Waals surface area contributed by atoms with Gasteiger partial charge in [0.15, 0.2) is 0 Å². The lowest BCUT2D eigenvalue weighted by molar-refractivity contribution is 0.0595. The van der Waals surface area contributed by atoms with Gasteiger partial charge in [-0.25, -0.2) is 4.79 Å². The number of aliphatic hydroxyl groups excluding tert-OH is 1. The smallest absolute Gasteiger partial charge is 0.340 e. The molecule has 2 rings (SSSR count). The molecule has 0 saturated heterocycles. The average molecular weight is 233 g/mol. The summed E-state index contributed by atoms with van der Waals surface area (Å²) in [6, 6.07) is 7.52. The minimum Gasteiger partial charge on any atom is -0.465 e. The van der Waals surface area contributed by atoms with Crippen LogP contribution in [-0.2, 0) is 11.8 Å². The number of rotatable bonds is 2. The van der Waals surface area contributed by atoms with Crippen molar-refractivity contribution in [2.24, 2.45) is 7.05 Å². The summed E-state index contributed by atoms with van der Waals surface area (Å²) in [7, 11) is 3.17. The van der Waals surface area contributed by atoms with Crippen LogP contribution in [0.4, 0.5) is 0 Å². The third kappa shape index (κ3) is 1.70. The minimum absolute atomic E-state index is 0.419. The Morgan fingerprint density at radius 2 is 2.06 bits per heavy atom. The Morgan fingerprint density at radius 3 is 2.65 bits per heavy atom. The Labute approximate surface area is 99.4 Å². The summed E-state index contributed by atoms with van der Waals surface area (Å²) in [5.74, 6) is -0.419. The number of hydrogen-bond donors (Lipinski definition) is 1. The summed E-state index contributed by atoms with van der Waals surface area (Å²) >= 11 is 0. The second kappa shape index (κ2) is 4.22. The van der Waals surface area contributed by atoms with Gasteiger partial charge >= 0.3 is 5.97 Å². The van der Waals surface area contributed by atoms with Crippen molar-refractivity contribution in [1.82, 2.24) is 4.57 Å². The molecule has 0 bridgehead atoms. The third-order valence-corrected chi connectivity index (χ3v) is 2.94. The van der Waals surface area contributed by atoms with Gasteiger partial charge in [-0.15, -0.1) is 0 Å². The average Bonchev–Trinajstić information content (AvgIpc) is 2.62. The van der Waals surface area contributed by atoms with Crippen molar-refractivity contribution in [3.8, 4) is 0 Å². The largest absolute Gasteiger partial charge is 0.465 e. The van der Waals surface area contributed by atoms with Crippen molar-refractivity contribution in [1.29, 1.82) is 0 Å². The summed E-state index contributed by atoms with van der Waals surface area (Å²) < 4.78 is 6.61. The number of aromatic nitrogens is 1. The van der Waals surface area contributed by atoms with E-state index in [9.17, 15) is 9.90 Å². The number of hydrogen-bond acceptors (Lipinski definition) is 3. The number of aliphatic hydroxyl groups is 1. The maximum absolute atomic E-state index is 11.8. The molecule has 1 N–H and O–H groups in total. The highest BCUT2D eigenvalue weighted by molar-refractivity contribution is 6.06. The van der Waals surface area contributed by atoms with Crippen LogP contribution in [0.3, 0.4) is 0 Å². The quantitative estimate of drug-likeness (QED) is 0.807. The first kappa shape index (κ1) is 11.7. The molecule has 2 aromatic rings. The summed E-state index contributed by atoms with van der Waals surface area (Å²) in [4.78, 5) is 11.8. The van der Waals surface area contributed by atoms with E-state index in [0.29, 0.717) is 11.3 Å². The predicted molar refractivity (Wildman–Crippen MR) is 64.9 cm³/mol. The van der Waals surface area contributed by atoms with Gasteiger partial charge in [0, 0.05) is 18.0 Å². The van der Waals surface area contributed by atoms with E-state index in [1.165, 1.54) is 7.11 Å². The Bertz CT molecular complexity index is 569. The fourth-order valence-electron chi connectivity index (χ4n) is 2.22. The molecule has 4 heteroatoms. The SMILES string of the molecule is COC(=O)c1c(C(C)O)n(C)c2ccccc12. The lowest BCUT2D eigenvalue weighted by atomic mass is 10.1. The van der Waals surface area contributed by atoms with Gasteiger partial charge in [0.1, 0.15) is 0 Å². The van der Waals surface area contributed by atoms with E-state index in [-0.39, 0.29) is 0 Å². The van der Waals surface area contributed by atoms with Crippen LogP contribution in [0.1, 0.15) is 29.1 Å². The number of carbonyl (C=O) groups is 1. The van der Waals surface area contributed by atoms with Crippen molar-refractivity contribution in [2.45, 2.75) is 13.0 Å². The van der Waals surface area contributed by atoms with Crippen molar-refractivity contribution in [3.63, 3.8) is 0 Å². The normalized spacial score (nSPS) is 12.7. The lowest BCUT2D eigenvalue weighted by Gasteiger charge is -2.09. The Balaban J connectivity index is 2.86. The van der Waals surface area contributed by atoms with Crippen molar-refractivity contribution < 1.29 is 14.6 Å². The first-order chi connectivity index (χ1) is 8.07. The minimum atomic E-state index is -0.721. The molecule has 4 nitrogen and oxygen atoms in total. The number of fused-ring (bicyclic) bond motifs is 1. The highest BCUT2D eigenvalue weighted by atomic mass is 16.5. The topological polar surface area (TPSA) is 51.5 Å². The molecule has 0 aliphatic heterocycles. The van der Waals surface area contributed by atoms with Gasteiger partial charge in [-0.3, -0.25) is 0 Å². The standard InChI is InChI=1S/C13H15NO3/c1-8(15)12-11(13(16)17-3)9-6-4-5-7-10(9)14(12)2/h4-8,15H,1-3H3. The summed E-state index contributed by atoms with van der Waals surface area (Å²) in [5, 5.41) is 10.6. The molecule has 0 radical (unpaired) electrons. The zero-order chi connectivity index (χ0) is 12.6. The van der Waals surface area contributed by atoms with E-state index in [2.05, 4.69) is 0 Å². The van der Waals surface area contributed by atoms with Crippen molar-refractivity contribution >= 4 is 16.9 Å². The number of methoxy groups -OCH3 is 1. The number of nitrogens with zero attached hydrogens (tertiary/aromatic N) is 1. The molecule has 17 heavy (non-hydrogen) atoms. The highest BCUT2D eigenvalue weighted by Gasteiger charge is 2.23. The molecule has 0 aliphatic rings. The lowest BCUT2D eigenvalue weighted by Crippen LogP contribution is -2.09. The Kier molecular flexibility index (Phi) is 2.90. The molecule has 0 amide bonds. The molecule has 1 heterocycles. The summed E-state index contributed by atoms with van der Waals surface area (Å²) in [6.07, 6.45) is -0.721. The second-order valence-corrected chi connectivity index (χ2v) is 4.00. The molecule has 1 unspecified atom stereocenters. The third-order valence-electron chi connectivity index (χ3n) is 2.94. The van der Waals surface area contributed by atoms with Gasteiger partial charge in [-0.05, 0) is 13.0 Å². The van der Waals surface area contributed by atoms with Gasteiger partial charge in [-0.1, -0.05) is 18.2 Å². The van der Waals surface area contributed by atoms with Gasteiger partial charge in [0.05, 0.1) is 24.5 Å². The zero-order valence-electron chi connectivity index (χ0n) is 10.1. The first-order valence-corrected chi connectivity index (χ1v) is 5.41. The van der Waals surface area contributed by atoms with Crippen molar-refractivity contribution in [2.75, 3.05) is 7.11 Å². The maximum atomic E-state index is 11.8. The molecule has 0 aliphatic carbocycles. The fraction of sp³-hybridized carbons (Fsp3) is 0.308. The van der Waals surface area contributed by atoms with Crippen LogP contribution in [0.2, 0.25) is 0 Å². The van der Waals surface area contributed by atoms with Gasteiger partial charge < -0.3 is 14.4 Å². The number of para-hydroxylation sites is 1. The number of aryl methyl sites for hydroxylation is 1. The Hall–Kier alpha value is -1.81. The van der Waals surface area contributed by atoms with Gasteiger partial charge in [-0.2, -0.15) is 0 Å². The molecular weight excluding hydrogens is 218 g/mol. The van der Waals surface area contributed by atoms with Crippen LogP contribution in [0.25, 0.3) is 10.9 Å². The molecular formula is C13H15NO3. The molecule has 0 saturated carbocycles. The van der Waals surface area contributed by atoms with E-state index >= 15 is 0 Å². The number of esters is 1. The molecule has 90 valence electrons. The van der Waals surface area contributed by atoms with Crippen LogP contribution in [0.5, 0.6) is 0 Å². The first-order valence-electron chi connectivity index (χ1n) is 5.41. The van der Waals surface area contributed by atoms with Crippen LogP contribution >= 0.6 is 0 Å². The van der Waals surface area contributed by atoms with E-state index in [1.54, 1.807) is 6.92 Å². The number of benzene rings is 1. The molecule has 1 atom stereocenters. The fourth-order valence-corrected chi connectivity index (χ4v) is 2.22. The molecule has 1 aromatic carbocycles. The van der Waals surface area contributed by atoms with E-state index in [0.717, 1.165) is 10.9 Å². The van der Waals surface area contributed by atoms with Crippen LogP contribution in [0.15, 0.2) is 24.3 Å². The summed E-state index contributed by atoms with van der Waals surface area (Å²) in [6.45, 7) is 1.64. The Morgan fingerprint density at radius 1 is 1.41 bits per heavy atom. The van der Waals surface area contributed by atoms with Crippen LogP contribution in [0, 0.1) is 0 Å². The molecule has 0 spiro atoms.